The Hall–Kier alpha value is -3.20. The van der Waals surface area contributed by atoms with Gasteiger partial charge in [0.15, 0.2) is 11.3 Å². The monoisotopic (exact) mass is 422 g/mol. The lowest BCUT2D eigenvalue weighted by molar-refractivity contribution is -0.136. The first-order valence-corrected chi connectivity index (χ1v) is 8.93. The molecule has 1 aliphatic rings. The van der Waals surface area contributed by atoms with Gasteiger partial charge in [-0.15, -0.1) is 0 Å². The van der Waals surface area contributed by atoms with Crippen LogP contribution in [0, 0.1) is 0 Å². The molecule has 29 heavy (non-hydrogen) atoms. The van der Waals surface area contributed by atoms with E-state index in [0.717, 1.165) is 10.5 Å². The molecule has 0 bridgehead atoms. The van der Waals surface area contributed by atoms with Crippen LogP contribution in [0.3, 0.4) is 0 Å². The van der Waals surface area contributed by atoms with Crippen molar-refractivity contribution in [2.45, 2.75) is 18.7 Å². The van der Waals surface area contributed by atoms with Crippen LogP contribution >= 0.6 is 11.6 Å². The topological polar surface area (TPSA) is 67.7 Å². The van der Waals surface area contributed by atoms with Gasteiger partial charge in [0.2, 0.25) is 0 Å². The molecule has 1 amide bonds. The summed E-state index contributed by atoms with van der Waals surface area (Å²) in [6.07, 6.45) is -0.260. The largest absolute Gasteiger partial charge is 0.493 e. The number of amides is 1. The smallest absolute Gasteiger partial charge is 0.419 e. The minimum absolute atomic E-state index is 0.231. The molecule has 2 N–H and O–H groups in total. The van der Waals surface area contributed by atoms with Gasteiger partial charge in [-0.25, -0.2) is 4.98 Å². The summed E-state index contributed by atoms with van der Waals surface area (Å²) in [5.41, 5.74) is 4.12. The molecule has 4 rings (SSSR count). The van der Waals surface area contributed by atoms with Crippen molar-refractivity contribution in [1.29, 1.82) is 0 Å². The molecule has 0 aliphatic carbocycles. The predicted molar refractivity (Wildman–Crippen MR) is 100 cm³/mol. The van der Waals surface area contributed by atoms with Gasteiger partial charge in [0.05, 0.1) is 17.5 Å². The quantitative estimate of drug-likeness (QED) is 0.596. The summed E-state index contributed by atoms with van der Waals surface area (Å²) >= 11 is 6.22. The Bertz CT molecular complexity index is 1090. The van der Waals surface area contributed by atoms with Crippen LogP contribution in [0.1, 0.15) is 34.1 Å². The van der Waals surface area contributed by atoms with Crippen molar-refractivity contribution in [3.8, 4) is 0 Å². The number of ether oxygens (including phenoxy) is 1. The van der Waals surface area contributed by atoms with Crippen LogP contribution in [0.2, 0.25) is 5.15 Å². The minimum atomic E-state index is -4.69. The molecule has 0 fully saturated rings. The first-order chi connectivity index (χ1) is 13.8. The van der Waals surface area contributed by atoms with E-state index in [9.17, 15) is 18.0 Å². The molecule has 1 atom stereocenters. The van der Waals surface area contributed by atoms with Crippen LogP contribution < -0.4 is 10.9 Å². The fraction of sp³-hybridized carbons (Fsp3) is 0.158. The number of hydrazine groups is 1. The van der Waals surface area contributed by atoms with Crippen molar-refractivity contribution in [3.63, 3.8) is 0 Å². The summed E-state index contributed by atoms with van der Waals surface area (Å²) in [7, 11) is 0. The van der Waals surface area contributed by atoms with Gasteiger partial charge < -0.3 is 4.74 Å². The Morgan fingerprint density at radius 1 is 1.28 bits per heavy atom. The summed E-state index contributed by atoms with van der Waals surface area (Å²) in [5.74, 6) is -0.768. The lowest BCUT2D eigenvalue weighted by atomic mass is 10.1. The van der Waals surface area contributed by atoms with Crippen LogP contribution in [0.15, 0.2) is 54.9 Å². The standard InChI is InChI=1S/C19H14ClF3N4O2/c20-16-15(18(28)26-25-12-5-2-1-3-6-12)24-17-13(19(21,22)23)9-11(10-27(16)17)14-7-4-8-29-14/h1-6,8-10,14,25H,7H2,(H,26,28). The van der Waals surface area contributed by atoms with Crippen molar-refractivity contribution in [2.75, 3.05) is 5.43 Å². The first-order valence-electron chi connectivity index (χ1n) is 8.55. The molecular formula is C19H14ClF3N4O2. The Morgan fingerprint density at radius 2 is 2.03 bits per heavy atom. The SMILES string of the molecule is O=C(NNc1ccccc1)c1nc2c(C(F)(F)F)cc(C3CC=CO3)cn2c1Cl. The summed E-state index contributed by atoms with van der Waals surface area (Å²) in [6, 6.07) is 9.68. The number of carbonyl (C=O) groups excluding carboxylic acids is 1. The fourth-order valence-corrected chi connectivity index (χ4v) is 3.23. The second-order valence-corrected chi connectivity index (χ2v) is 6.67. The molecule has 2 aromatic heterocycles. The van der Waals surface area contributed by atoms with Gasteiger partial charge in [-0.1, -0.05) is 29.8 Å². The maximum atomic E-state index is 13.6. The van der Waals surface area contributed by atoms with Crippen molar-refractivity contribution >= 4 is 28.8 Å². The molecule has 0 saturated carbocycles. The number of pyridine rings is 1. The van der Waals surface area contributed by atoms with Gasteiger partial charge in [-0.05, 0) is 24.3 Å². The number of imidazole rings is 1. The number of aromatic nitrogens is 2. The van der Waals surface area contributed by atoms with Gasteiger partial charge in [-0.2, -0.15) is 13.2 Å². The van der Waals surface area contributed by atoms with Crippen LogP contribution in [-0.4, -0.2) is 15.3 Å². The molecule has 1 unspecified atom stereocenters. The predicted octanol–water partition coefficient (Wildman–Crippen LogP) is 4.74. The summed E-state index contributed by atoms with van der Waals surface area (Å²) in [6.45, 7) is 0. The van der Waals surface area contributed by atoms with Gasteiger partial charge in [0.25, 0.3) is 5.91 Å². The molecule has 3 aromatic rings. The molecule has 0 spiro atoms. The van der Waals surface area contributed by atoms with E-state index in [0.29, 0.717) is 12.1 Å². The summed E-state index contributed by atoms with van der Waals surface area (Å²) in [5, 5.41) is -0.231. The second kappa shape index (κ2) is 7.32. The van der Waals surface area contributed by atoms with Crippen molar-refractivity contribution in [2.24, 2.45) is 0 Å². The highest BCUT2D eigenvalue weighted by Crippen LogP contribution is 2.37. The van der Waals surface area contributed by atoms with Gasteiger partial charge in [-0.3, -0.25) is 20.0 Å². The van der Waals surface area contributed by atoms with Crippen molar-refractivity contribution in [3.05, 3.63) is 76.9 Å². The fourth-order valence-electron chi connectivity index (χ4n) is 2.98. The molecule has 0 radical (unpaired) electrons. The van der Waals surface area contributed by atoms with E-state index in [2.05, 4.69) is 15.8 Å². The highest BCUT2D eigenvalue weighted by Gasteiger charge is 2.37. The van der Waals surface area contributed by atoms with Crippen LogP contribution in [0.4, 0.5) is 18.9 Å². The molecule has 3 heterocycles. The number of halogens is 4. The molecule has 150 valence electrons. The summed E-state index contributed by atoms with van der Waals surface area (Å²) in [4.78, 5) is 16.3. The second-order valence-electron chi connectivity index (χ2n) is 6.31. The van der Waals surface area contributed by atoms with Gasteiger partial charge in [0.1, 0.15) is 11.3 Å². The number of anilines is 1. The highest BCUT2D eigenvalue weighted by atomic mass is 35.5. The van der Waals surface area contributed by atoms with Crippen LogP contribution in [0.5, 0.6) is 0 Å². The zero-order valence-electron chi connectivity index (χ0n) is 14.7. The number of nitrogens with zero attached hydrogens (tertiary/aromatic N) is 2. The van der Waals surface area contributed by atoms with E-state index >= 15 is 0 Å². The van der Waals surface area contributed by atoms with Crippen LogP contribution in [0.25, 0.3) is 5.65 Å². The Kier molecular flexibility index (Phi) is 4.83. The maximum absolute atomic E-state index is 13.6. The highest BCUT2D eigenvalue weighted by molar-refractivity contribution is 6.33. The van der Waals surface area contributed by atoms with E-state index < -0.39 is 29.4 Å². The number of hydrogen-bond acceptors (Lipinski definition) is 4. The number of benzene rings is 1. The van der Waals surface area contributed by atoms with E-state index in [1.54, 1.807) is 36.4 Å². The number of fused-ring (bicyclic) bond motifs is 1. The Labute approximate surface area is 167 Å². The third-order valence-electron chi connectivity index (χ3n) is 4.36. The lowest BCUT2D eigenvalue weighted by Gasteiger charge is -2.15. The van der Waals surface area contributed by atoms with E-state index in [4.69, 9.17) is 16.3 Å². The molecule has 1 aliphatic heterocycles. The molecular weight excluding hydrogens is 409 g/mol. The van der Waals surface area contributed by atoms with E-state index in [1.165, 1.54) is 12.5 Å². The number of alkyl halides is 3. The molecule has 6 nitrogen and oxygen atoms in total. The van der Waals surface area contributed by atoms with Gasteiger partial charge >= 0.3 is 6.18 Å². The minimum Gasteiger partial charge on any atom is -0.493 e. The van der Waals surface area contributed by atoms with E-state index in [1.807, 2.05) is 0 Å². The zero-order chi connectivity index (χ0) is 20.6. The van der Waals surface area contributed by atoms with Crippen molar-refractivity contribution < 1.29 is 22.7 Å². The Morgan fingerprint density at radius 3 is 2.69 bits per heavy atom. The normalized spacial score (nSPS) is 16.1. The molecule has 0 saturated heterocycles. The molecule has 10 heteroatoms. The van der Waals surface area contributed by atoms with E-state index in [-0.39, 0.29) is 16.4 Å². The van der Waals surface area contributed by atoms with Crippen molar-refractivity contribution in [1.82, 2.24) is 14.8 Å². The summed E-state index contributed by atoms with van der Waals surface area (Å²) < 4.78 is 47.3. The number of rotatable bonds is 4. The number of para-hydroxylation sites is 1. The first kappa shape index (κ1) is 19.1. The zero-order valence-corrected chi connectivity index (χ0v) is 15.5. The maximum Gasteiger partial charge on any atom is 0.419 e. The van der Waals surface area contributed by atoms with Gasteiger partial charge in [0, 0.05) is 18.2 Å². The average molecular weight is 423 g/mol. The Balaban J connectivity index is 1.72. The van der Waals surface area contributed by atoms with Crippen LogP contribution in [-0.2, 0) is 10.9 Å². The average Bonchev–Trinajstić information content (AvgIpc) is 3.34. The third-order valence-corrected chi connectivity index (χ3v) is 4.72. The number of hydrogen-bond donors (Lipinski definition) is 2. The molecule has 1 aromatic carbocycles. The third kappa shape index (κ3) is 3.73. The number of carbonyl (C=O) groups is 1. The number of nitrogens with one attached hydrogen (secondary N) is 2. The lowest BCUT2D eigenvalue weighted by Crippen LogP contribution is -2.29.